The molecule has 1 atom stereocenters. The highest BCUT2D eigenvalue weighted by Gasteiger charge is 2.28. The van der Waals surface area contributed by atoms with E-state index in [0.717, 1.165) is 23.2 Å². The van der Waals surface area contributed by atoms with Gasteiger partial charge in [0.05, 0.1) is 12.3 Å². The topological polar surface area (TPSA) is 69.0 Å². The van der Waals surface area contributed by atoms with Crippen LogP contribution in [0, 0.1) is 0 Å². The van der Waals surface area contributed by atoms with Crippen molar-refractivity contribution in [2.75, 3.05) is 11.9 Å². The minimum absolute atomic E-state index is 0.243. The summed E-state index contributed by atoms with van der Waals surface area (Å²) >= 11 is 0. The maximum absolute atomic E-state index is 12.7. The fourth-order valence-electron chi connectivity index (χ4n) is 2.88. The van der Waals surface area contributed by atoms with Crippen molar-refractivity contribution in [1.29, 1.82) is 0 Å². The number of nitrogens with zero attached hydrogens (tertiary/aromatic N) is 3. The molecule has 0 fully saturated rings. The van der Waals surface area contributed by atoms with Gasteiger partial charge in [0.25, 0.3) is 5.91 Å². The predicted molar refractivity (Wildman–Crippen MR) is 88.8 cm³/mol. The molecule has 0 radical (unpaired) electrons. The lowest BCUT2D eigenvalue weighted by Crippen LogP contribution is -2.29. The largest absolute Gasteiger partial charge is 0.363 e. The zero-order valence-corrected chi connectivity index (χ0v) is 12.9. The van der Waals surface area contributed by atoms with E-state index >= 15 is 0 Å². The van der Waals surface area contributed by atoms with E-state index in [9.17, 15) is 4.79 Å². The van der Waals surface area contributed by atoms with E-state index in [1.54, 1.807) is 10.9 Å². The third kappa shape index (κ3) is 2.68. The molecule has 0 spiro atoms. The Morgan fingerprint density at radius 2 is 1.92 bits per heavy atom. The van der Waals surface area contributed by atoms with Crippen molar-refractivity contribution in [3.8, 4) is 5.69 Å². The zero-order valence-electron chi connectivity index (χ0n) is 12.9. The molecule has 1 aliphatic heterocycles. The Morgan fingerprint density at radius 3 is 2.79 bits per heavy atom. The number of rotatable bonds is 3. The SMILES string of the molecule is O=C(Nc1nncn1-c1ccccc1)[C@@H]1OCCc2ccccc21. The molecule has 4 rings (SSSR count). The predicted octanol–water partition coefficient (Wildman–Crippen LogP) is 2.52. The number of hydrogen-bond donors (Lipinski definition) is 1. The Labute approximate surface area is 139 Å². The summed E-state index contributed by atoms with van der Waals surface area (Å²) in [5, 5.41) is 10.7. The van der Waals surface area contributed by atoms with Crippen LogP contribution in [0.25, 0.3) is 5.69 Å². The smallest absolute Gasteiger partial charge is 0.260 e. The van der Waals surface area contributed by atoms with Crippen LogP contribution in [0.2, 0.25) is 0 Å². The Balaban J connectivity index is 1.60. The van der Waals surface area contributed by atoms with Crippen molar-refractivity contribution >= 4 is 11.9 Å². The minimum atomic E-state index is -0.629. The summed E-state index contributed by atoms with van der Waals surface area (Å²) < 4.78 is 7.42. The molecule has 2 aromatic carbocycles. The van der Waals surface area contributed by atoms with Gasteiger partial charge in [-0.15, -0.1) is 10.2 Å². The molecular weight excluding hydrogens is 304 g/mol. The van der Waals surface area contributed by atoms with Crippen LogP contribution in [0.1, 0.15) is 17.2 Å². The fraction of sp³-hybridized carbons (Fsp3) is 0.167. The molecule has 0 aliphatic carbocycles. The molecule has 1 amide bonds. The van der Waals surface area contributed by atoms with Crippen LogP contribution in [-0.2, 0) is 16.0 Å². The molecule has 1 aromatic heterocycles. The fourth-order valence-corrected chi connectivity index (χ4v) is 2.88. The first kappa shape index (κ1) is 14.6. The number of amides is 1. The second-order valence-electron chi connectivity index (χ2n) is 5.55. The van der Waals surface area contributed by atoms with E-state index in [-0.39, 0.29) is 5.91 Å². The number of fused-ring (bicyclic) bond motifs is 1. The molecule has 0 unspecified atom stereocenters. The van der Waals surface area contributed by atoms with Crippen LogP contribution in [0.4, 0.5) is 5.95 Å². The Morgan fingerprint density at radius 1 is 1.12 bits per heavy atom. The Hall–Kier alpha value is -2.99. The monoisotopic (exact) mass is 320 g/mol. The van der Waals surface area contributed by atoms with Crippen LogP contribution < -0.4 is 5.32 Å². The van der Waals surface area contributed by atoms with E-state index < -0.39 is 6.10 Å². The quantitative estimate of drug-likeness (QED) is 0.805. The summed E-state index contributed by atoms with van der Waals surface area (Å²) in [6, 6.07) is 17.5. The summed E-state index contributed by atoms with van der Waals surface area (Å²) in [7, 11) is 0. The van der Waals surface area contributed by atoms with Crippen LogP contribution in [0.5, 0.6) is 0 Å². The Bertz CT molecular complexity index is 860. The molecule has 2 heterocycles. The molecule has 0 saturated carbocycles. The molecule has 1 aliphatic rings. The highest BCUT2D eigenvalue weighted by atomic mass is 16.5. The summed E-state index contributed by atoms with van der Waals surface area (Å²) in [5.41, 5.74) is 2.93. The van der Waals surface area contributed by atoms with Crippen LogP contribution in [0.3, 0.4) is 0 Å². The minimum Gasteiger partial charge on any atom is -0.363 e. The van der Waals surface area contributed by atoms with Gasteiger partial charge in [-0.1, -0.05) is 42.5 Å². The molecule has 1 N–H and O–H groups in total. The highest BCUT2D eigenvalue weighted by Crippen LogP contribution is 2.28. The van der Waals surface area contributed by atoms with Gasteiger partial charge in [-0.05, 0) is 29.7 Å². The number of carbonyl (C=O) groups excluding carboxylic acids is 1. The van der Waals surface area contributed by atoms with Gasteiger partial charge in [0.1, 0.15) is 6.33 Å². The van der Waals surface area contributed by atoms with Crippen molar-refractivity contribution in [2.45, 2.75) is 12.5 Å². The first-order valence-electron chi connectivity index (χ1n) is 7.78. The number of nitrogens with one attached hydrogen (secondary N) is 1. The molecule has 0 bridgehead atoms. The summed E-state index contributed by atoms with van der Waals surface area (Å²) in [6.07, 6.45) is 1.76. The zero-order chi connectivity index (χ0) is 16.4. The van der Waals surface area contributed by atoms with E-state index in [1.165, 1.54) is 0 Å². The van der Waals surface area contributed by atoms with E-state index in [2.05, 4.69) is 15.5 Å². The van der Waals surface area contributed by atoms with E-state index in [4.69, 9.17) is 4.74 Å². The number of hydrogen-bond acceptors (Lipinski definition) is 4. The molecule has 3 aromatic rings. The van der Waals surface area contributed by atoms with Crippen molar-refractivity contribution in [1.82, 2.24) is 14.8 Å². The van der Waals surface area contributed by atoms with Crippen molar-refractivity contribution in [3.63, 3.8) is 0 Å². The average molecular weight is 320 g/mol. The normalized spacial score (nSPS) is 16.4. The second-order valence-corrected chi connectivity index (χ2v) is 5.55. The maximum Gasteiger partial charge on any atom is 0.260 e. The van der Waals surface area contributed by atoms with Gasteiger partial charge in [0.2, 0.25) is 5.95 Å². The van der Waals surface area contributed by atoms with Gasteiger partial charge in [-0.25, -0.2) is 0 Å². The maximum atomic E-state index is 12.7. The van der Waals surface area contributed by atoms with Crippen LogP contribution >= 0.6 is 0 Å². The van der Waals surface area contributed by atoms with Gasteiger partial charge < -0.3 is 4.74 Å². The van der Waals surface area contributed by atoms with Crippen molar-refractivity contribution in [3.05, 3.63) is 72.1 Å². The standard InChI is InChI=1S/C18H16N4O2/c23-17(16-15-9-5-4-6-13(15)10-11-24-16)20-18-21-19-12-22(18)14-7-2-1-3-8-14/h1-9,12,16H,10-11H2,(H,20,21,23)/t16-/m1/s1. The lowest BCUT2D eigenvalue weighted by molar-refractivity contribution is -0.128. The third-order valence-corrected chi connectivity index (χ3v) is 4.05. The lowest BCUT2D eigenvalue weighted by atomic mass is 9.97. The second kappa shape index (κ2) is 6.25. The third-order valence-electron chi connectivity index (χ3n) is 4.05. The van der Waals surface area contributed by atoms with Crippen molar-refractivity contribution in [2.24, 2.45) is 0 Å². The van der Waals surface area contributed by atoms with Crippen molar-refractivity contribution < 1.29 is 9.53 Å². The van der Waals surface area contributed by atoms with Gasteiger partial charge in [-0.3, -0.25) is 14.7 Å². The van der Waals surface area contributed by atoms with Gasteiger partial charge in [0.15, 0.2) is 6.10 Å². The van der Waals surface area contributed by atoms with Gasteiger partial charge in [0, 0.05) is 0 Å². The lowest BCUT2D eigenvalue weighted by Gasteiger charge is -2.25. The highest BCUT2D eigenvalue weighted by molar-refractivity contribution is 5.94. The number of benzene rings is 2. The number of para-hydroxylation sites is 1. The molecular formula is C18H16N4O2. The van der Waals surface area contributed by atoms with Crippen LogP contribution in [0.15, 0.2) is 60.9 Å². The molecule has 120 valence electrons. The molecule has 6 nitrogen and oxygen atoms in total. The number of carbonyl (C=O) groups is 1. The first-order chi connectivity index (χ1) is 11.8. The number of aromatic nitrogens is 3. The summed E-state index contributed by atoms with van der Waals surface area (Å²) in [6.45, 7) is 0.528. The number of anilines is 1. The van der Waals surface area contributed by atoms with Gasteiger partial charge in [-0.2, -0.15) is 0 Å². The summed E-state index contributed by atoms with van der Waals surface area (Å²) in [5.74, 6) is 0.130. The first-order valence-corrected chi connectivity index (χ1v) is 7.78. The Kier molecular flexibility index (Phi) is 3.80. The van der Waals surface area contributed by atoms with Crippen LogP contribution in [-0.4, -0.2) is 27.3 Å². The van der Waals surface area contributed by atoms with E-state index in [0.29, 0.717) is 12.6 Å². The average Bonchev–Trinajstić information content (AvgIpc) is 3.10. The summed E-state index contributed by atoms with van der Waals surface area (Å²) in [4.78, 5) is 12.7. The van der Waals surface area contributed by atoms with Gasteiger partial charge >= 0.3 is 0 Å². The molecule has 24 heavy (non-hydrogen) atoms. The number of ether oxygens (including phenoxy) is 1. The molecule has 6 heteroatoms. The molecule has 0 saturated heterocycles. The van der Waals surface area contributed by atoms with E-state index in [1.807, 2.05) is 54.6 Å².